The van der Waals surface area contributed by atoms with Crippen LogP contribution >= 0.6 is 11.3 Å². The van der Waals surface area contributed by atoms with Crippen LogP contribution in [0.5, 0.6) is 5.19 Å². The van der Waals surface area contributed by atoms with Crippen molar-refractivity contribution in [3.8, 4) is 5.19 Å². The molecule has 1 aromatic heterocycles. The molecule has 1 unspecified atom stereocenters. The molecule has 5 heteroatoms. The zero-order valence-corrected chi connectivity index (χ0v) is 11.4. The lowest BCUT2D eigenvalue weighted by molar-refractivity contribution is 0.249. The summed E-state index contributed by atoms with van der Waals surface area (Å²) in [6, 6.07) is 0.716. The van der Waals surface area contributed by atoms with Gasteiger partial charge in [-0.3, -0.25) is 0 Å². The van der Waals surface area contributed by atoms with Crippen molar-refractivity contribution < 1.29 is 4.74 Å². The van der Waals surface area contributed by atoms with E-state index in [0.29, 0.717) is 17.2 Å². The van der Waals surface area contributed by atoms with Gasteiger partial charge in [-0.1, -0.05) is 31.6 Å². The number of nitrogens with one attached hydrogen (secondary N) is 1. The molecule has 0 bridgehead atoms. The maximum absolute atomic E-state index is 5.64. The van der Waals surface area contributed by atoms with Crippen molar-refractivity contribution in [3.63, 3.8) is 0 Å². The maximum atomic E-state index is 5.64. The minimum Gasteiger partial charge on any atom is -0.469 e. The molecule has 1 aliphatic rings. The van der Waals surface area contributed by atoms with Gasteiger partial charge in [0.1, 0.15) is 5.01 Å². The van der Waals surface area contributed by atoms with E-state index in [4.69, 9.17) is 4.74 Å². The zero-order chi connectivity index (χ0) is 12.1. The van der Waals surface area contributed by atoms with Crippen LogP contribution in [0.2, 0.25) is 0 Å². The normalized spacial score (nSPS) is 17.1. The highest BCUT2D eigenvalue weighted by atomic mass is 32.1. The van der Waals surface area contributed by atoms with Gasteiger partial charge in [0.15, 0.2) is 0 Å². The molecule has 1 aromatic rings. The molecule has 1 saturated carbocycles. The van der Waals surface area contributed by atoms with Crippen LogP contribution < -0.4 is 10.1 Å². The van der Waals surface area contributed by atoms with E-state index in [1.54, 1.807) is 11.3 Å². The quantitative estimate of drug-likeness (QED) is 0.775. The SMILES string of the molecule is CCCC(C)COc1nnc(CNC2CC2)s1. The van der Waals surface area contributed by atoms with E-state index in [0.717, 1.165) is 18.2 Å². The summed E-state index contributed by atoms with van der Waals surface area (Å²) in [5.74, 6) is 0.594. The lowest BCUT2D eigenvalue weighted by Gasteiger charge is -2.08. The molecule has 0 aromatic carbocycles. The lowest BCUT2D eigenvalue weighted by atomic mass is 10.1. The summed E-state index contributed by atoms with van der Waals surface area (Å²) in [6.45, 7) is 5.98. The Labute approximate surface area is 107 Å². The minimum absolute atomic E-state index is 0.594. The summed E-state index contributed by atoms with van der Waals surface area (Å²) in [7, 11) is 0. The number of nitrogens with zero attached hydrogens (tertiary/aromatic N) is 2. The molecule has 96 valence electrons. The first-order valence-electron chi connectivity index (χ1n) is 6.46. The van der Waals surface area contributed by atoms with E-state index in [1.165, 1.54) is 25.7 Å². The van der Waals surface area contributed by atoms with E-state index in [-0.39, 0.29) is 0 Å². The van der Waals surface area contributed by atoms with Crippen LogP contribution in [0.4, 0.5) is 0 Å². The fraction of sp³-hybridized carbons (Fsp3) is 0.833. The second-order valence-corrected chi connectivity index (χ2v) is 5.85. The van der Waals surface area contributed by atoms with Gasteiger partial charge in [0.25, 0.3) is 5.19 Å². The van der Waals surface area contributed by atoms with E-state index < -0.39 is 0 Å². The molecule has 0 amide bonds. The second kappa shape index (κ2) is 6.31. The Morgan fingerprint density at radius 2 is 2.29 bits per heavy atom. The highest BCUT2D eigenvalue weighted by molar-refractivity contribution is 7.13. The number of aromatic nitrogens is 2. The summed E-state index contributed by atoms with van der Waals surface area (Å²) in [5.41, 5.74) is 0. The minimum atomic E-state index is 0.594. The van der Waals surface area contributed by atoms with Crippen molar-refractivity contribution in [2.75, 3.05) is 6.61 Å². The first-order valence-corrected chi connectivity index (χ1v) is 7.28. The van der Waals surface area contributed by atoms with Gasteiger partial charge in [-0.25, -0.2) is 0 Å². The van der Waals surface area contributed by atoms with Gasteiger partial charge in [-0.15, -0.1) is 10.2 Å². The van der Waals surface area contributed by atoms with Crippen LogP contribution in [0, 0.1) is 5.92 Å². The van der Waals surface area contributed by atoms with Crippen molar-refractivity contribution in [2.45, 2.75) is 52.1 Å². The first kappa shape index (κ1) is 12.8. The molecule has 1 atom stereocenters. The van der Waals surface area contributed by atoms with Crippen LogP contribution in [0.15, 0.2) is 0 Å². The number of rotatable bonds is 8. The Hall–Kier alpha value is -0.680. The van der Waals surface area contributed by atoms with Crippen LogP contribution in [0.25, 0.3) is 0 Å². The molecule has 1 aliphatic carbocycles. The molecule has 1 heterocycles. The average Bonchev–Trinajstić information content (AvgIpc) is 3.03. The summed E-state index contributed by atoms with van der Waals surface area (Å²) in [4.78, 5) is 0. The fourth-order valence-corrected chi connectivity index (χ4v) is 2.32. The van der Waals surface area contributed by atoms with E-state index in [1.807, 2.05) is 0 Å². The average molecular weight is 255 g/mol. The van der Waals surface area contributed by atoms with Crippen LogP contribution in [-0.4, -0.2) is 22.8 Å². The number of ether oxygens (including phenoxy) is 1. The molecule has 0 radical (unpaired) electrons. The predicted octanol–water partition coefficient (Wildman–Crippen LogP) is 2.61. The van der Waals surface area contributed by atoms with Gasteiger partial charge in [0.2, 0.25) is 0 Å². The highest BCUT2D eigenvalue weighted by Crippen LogP contribution is 2.22. The maximum Gasteiger partial charge on any atom is 0.294 e. The molecule has 1 fully saturated rings. The van der Waals surface area contributed by atoms with E-state index in [9.17, 15) is 0 Å². The fourth-order valence-electron chi connectivity index (χ4n) is 1.68. The van der Waals surface area contributed by atoms with Crippen molar-refractivity contribution >= 4 is 11.3 Å². The van der Waals surface area contributed by atoms with Crippen molar-refractivity contribution in [1.82, 2.24) is 15.5 Å². The van der Waals surface area contributed by atoms with Gasteiger partial charge in [-0.05, 0) is 25.2 Å². The predicted molar refractivity (Wildman–Crippen MR) is 69.3 cm³/mol. The molecule has 2 rings (SSSR count). The molecule has 17 heavy (non-hydrogen) atoms. The van der Waals surface area contributed by atoms with Crippen molar-refractivity contribution in [1.29, 1.82) is 0 Å². The van der Waals surface area contributed by atoms with Crippen molar-refractivity contribution in [3.05, 3.63) is 5.01 Å². The summed E-state index contributed by atoms with van der Waals surface area (Å²) < 4.78 is 5.64. The molecule has 0 saturated heterocycles. The van der Waals surface area contributed by atoms with Crippen LogP contribution in [0.3, 0.4) is 0 Å². The Morgan fingerprint density at radius 1 is 1.47 bits per heavy atom. The molecule has 1 N–H and O–H groups in total. The van der Waals surface area contributed by atoms with Gasteiger partial charge < -0.3 is 10.1 Å². The van der Waals surface area contributed by atoms with E-state index in [2.05, 4.69) is 29.4 Å². The number of hydrogen-bond donors (Lipinski definition) is 1. The second-order valence-electron chi connectivity index (χ2n) is 4.82. The Balaban J connectivity index is 1.69. The Kier molecular flexibility index (Phi) is 4.74. The topological polar surface area (TPSA) is 47.0 Å². The first-order chi connectivity index (χ1) is 8.28. The van der Waals surface area contributed by atoms with Gasteiger partial charge in [0, 0.05) is 6.04 Å². The largest absolute Gasteiger partial charge is 0.469 e. The number of hydrogen-bond acceptors (Lipinski definition) is 5. The van der Waals surface area contributed by atoms with Gasteiger partial charge in [-0.2, -0.15) is 0 Å². The molecular weight excluding hydrogens is 234 g/mol. The molecular formula is C12H21N3OS. The molecule has 0 aliphatic heterocycles. The third-order valence-electron chi connectivity index (χ3n) is 2.84. The van der Waals surface area contributed by atoms with Crippen molar-refractivity contribution in [2.24, 2.45) is 5.92 Å². The zero-order valence-electron chi connectivity index (χ0n) is 10.6. The smallest absolute Gasteiger partial charge is 0.294 e. The monoisotopic (exact) mass is 255 g/mol. The highest BCUT2D eigenvalue weighted by Gasteiger charge is 2.20. The van der Waals surface area contributed by atoms with Gasteiger partial charge >= 0.3 is 0 Å². The summed E-state index contributed by atoms with van der Waals surface area (Å²) >= 11 is 1.56. The molecule has 0 spiro atoms. The van der Waals surface area contributed by atoms with E-state index >= 15 is 0 Å². The molecule has 4 nitrogen and oxygen atoms in total. The third-order valence-corrected chi connectivity index (χ3v) is 3.68. The standard InChI is InChI=1S/C12H21N3OS/c1-3-4-9(2)8-16-12-15-14-11(17-12)7-13-10-5-6-10/h9-10,13H,3-8H2,1-2H3. The van der Waals surface area contributed by atoms with Gasteiger partial charge in [0.05, 0.1) is 13.2 Å². The Bertz CT molecular complexity index is 338. The van der Waals surface area contributed by atoms with Crippen LogP contribution in [-0.2, 0) is 6.54 Å². The summed E-state index contributed by atoms with van der Waals surface area (Å²) in [6.07, 6.45) is 5.01. The lowest BCUT2D eigenvalue weighted by Crippen LogP contribution is -2.14. The Morgan fingerprint density at radius 3 is 3.00 bits per heavy atom. The summed E-state index contributed by atoms with van der Waals surface area (Å²) in [5, 5.41) is 13.3. The van der Waals surface area contributed by atoms with Crippen LogP contribution in [0.1, 0.15) is 44.5 Å². The third kappa shape index (κ3) is 4.60.